The molecule has 0 atom stereocenters. The van der Waals surface area contributed by atoms with Gasteiger partial charge in [-0.2, -0.15) is 5.26 Å². The van der Waals surface area contributed by atoms with E-state index < -0.39 is 18.3 Å². The molecule has 1 fully saturated rings. The highest BCUT2D eigenvalue weighted by atomic mass is 32.2. The largest absolute Gasteiger partial charge is 0.496 e. The second-order valence-corrected chi connectivity index (χ2v) is 8.31. The van der Waals surface area contributed by atoms with E-state index in [1.165, 1.54) is 18.7 Å². The molecule has 138 valence electrons. The Kier molecular flexibility index (Phi) is 6.23. The minimum atomic E-state index is -0.567. The number of benzene rings is 1. The van der Waals surface area contributed by atoms with Crippen LogP contribution in [-0.2, 0) is 14.1 Å². The van der Waals surface area contributed by atoms with Crippen molar-refractivity contribution >= 4 is 30.1 Å². The van der Waals surface area contributed by atoms with Crippen LogP contribution < -0.4 is 4.74 Å². The van der Waals surface area contributed by atoms with Crippen LogP contribution in [0.3, 0.4) is 0 Å². The van der Waals surface area contributed by atoms with Crippen molar-refractivity contribution in [3.8, 4) is 11.8 Å². The van der Waals surface area contributed by atoms with Gasteiger partial charge in [0.1, 0.15) is 5.75 Å². The Morgan fingerprint density at radius 1 is 1.31 bits per heavy atom. The number of nitrogens with zero attached hydrogens (tertiary/aromatic N) is 1. The SMILES string of the molecule is COc1ccc(C#N)cc1C=C(CSC(C)=O)B1OC(C)(C)C(C)(C)O1. The van der Waals surface area contributed by atoms with Gasteiger partial charge in [0.2, 0.25) is 0 Å². The molecule has 0 aromatic heterocycles. The van der Waals surface area contributed by atoms with Crippen LogP contribution in [0.4, 0.5) is 0 Å². The summed E-state index contributed by atoms with van der Waals surface area (Å²) in [7, 11) is 1.01. The standard InChI is InChI=1S/C19H24BNO4S/c1-13(22)26-12-16(20-24-18(2,3)19(4,5)25-20)10-15-9-14(11-21)7-8-17(15)23-6/h7-10H,12H2,1-6H3. The monoisotopic (exact) mass is 373 g/mol. The highest BCUT2D eigenvalue weighted by Gasteiger charge is 2.52. The van der Waals surface area contributed by atoms with Crippen molar-refractivity contribution in [1.82, 2.24) is 0 Å². The molecule has 0 amide bonds. The van der Waals surface area contributed by atoms with Crippen LogP contribution in [0.1, 0.15) is 45.7 Å². The lowest BCUT2D eigenvalue weighted by Gasteiger charge is -2.32. The summed E-state index contributed by atoms with van der Waals surface area (Å²) in [5, 5.41) is 9.19. The summed E-state index contributed by atoms with van der Waals surface area (Å²) in [5.74, 6) is 1.08. The van der Waals surface area contributed by atoms with Crippen LogP contribution >= 0.6 is 11.8 Å². The van der Waals surface area contributed by atoms with Crippen LogP contribution in [-0.4, -0.2) is 36.3 Å². The summed E-state index contributed by atoms with van der Waals surface area (Å²) < 4.78 is 17.7. The van der Waals surface area contributed by atoms with Crippen molar-refractivity contribution in [2.75, 3.05) is 12.9 Å². The summed E-state index contributed by atoms with van der Waals surface area (Å²) >= 11 is 1.20. The Hall–Kier alpha value is -1.75. The maximum atomic E-state index is 11.5. The summed E-state index contributed by atoms with van der Waals surface area (Å²) in [6.07, 6.45) is 1.89. The first-order chi connectivity index (χ1) is 12.1. The molecule has 0 radical (unpaired) electrons. The Balaban J connectivity index is 2.44. The summed E-state index contributed by atoms with van der Waals surface area (Å²) in [6, 6.07) is 7.34. The molecule has 0 unspecified atom stereocenters. The zero-order valence-electron chi connectivity index (χ0n) is 16.1. The molecule has 2 rings (SSSR count). The molecule has 1 aliphatic rings. The van der Waals surface area contributed by atoms with Crippen molar-refractivity contribution in [3.05, 3.63) is 34.8 Å². The van der Waals surface area contributed by atoms with Gasteiger partial charge in [0.25, 0.3) is 0 Å². The molecule has 1 aromatic rings. The van der Waals surface area contributed by atoms with Crippen molar-refractivity contribution < 1.29 is 18.8 Å². The number of methoxy groups -OCH3 is 1. The molecule has 1 aromatic carbocycles. The van der Waals surface area contributed by atoms with Gasteiger partial charge in [-0.25, -0.2) is 0 Å². The number of thioether (sulfide) groups is 1. The van der Waals surface area contributed by atoms with Crippen LogP contribution in [0, 0.1) is 11.3 Å². The van der Waals surface area contributed by atoms with Crippen molar-refractivity contribution in [2.45, 2.75) is 45.8 Å². The maximum Gasteiger partial charge on any atom is 0.491 e. The van der Waals surface area contributed by atoms with E-state index in [2.05, 4.69) is 6.07 Å². The minimum Gasteiger partial charge on any atom is -0.496 e. The molecule has 0 spiro atoms. The fraction of sp³-hybridized carbons (Fsp3) is 0.474. The number of rotatable bonds is 5. The third-order valence-corrected chi connectivity index (χ3v) is 5.58. The molecule has 0 bridgehead atoms. The third-order valence-electron chi connectivity index (χ3n) is 4.70. The predicted octanol–water partition coefficient (Wildman–Crippen LogP) is 3.86. The molecular formula is C19H24BNO4S. The lowest BCUT2D eigenvalue weighted by Crippen LogP contribution is -2.41. The molecule has 1 saturated heterocycles. The Morgan fingerprint density at radius 3 is 2.42 bits per heavy atom. The fourth-order valence-corrected chi connectivity index (χ4v) is 3.06. The van der Waals surface area contributed by atoms with E-state index in [0.29, 0.717) is 17.1 Å². The van der Waals surface area contributed by atoms with Gasteiger partial charge in [0, 0.05) is 18.2 Å². The van der Waals surface area contributed by atoms with Gasteiger partial charge in [0.05, 0.1) is 29.9 Å². The maximum absolute atomic E-state index is 11.5. The van der Waals surface area contributed by atoms with Gasteiger partial charge < -0.3 is 14.0 Å². The quantitative estimate of drug-likeness (QED) is 0.730. The molecular weight excluding hydrogens is 349 g/mol. The van der Waals surface area contributed by atoms with E-state index in [0.717, 1.165) is 11.0 Å². The Bertz CT molecular complexity index is 751. The first kappa shape index (κ1) is 20.6. The van der Waals surface area contributed by atoms with Crippen LogP contribution in [0.5, 0.6) is 5.75 Å². The van der Waals surface area contributed by atoms with Gasteiger partial charge in [-0.05, 0) is 51.4 Å². The zero-order chi connectivity index (χ0) is 19.5. The molecule has 7 heteroatoms. The second-order valence-electron chi connectivity index (χ2n) is 7.16. The van der Waals surface area contributed by atoms with Gasteiger partial charge in [-0.3, -0.25) is 4.79 Å². The van der Waals surface area contributed by atoms with Gasteiger partial charge in [0.15, 0.2) is 5.12 Å². The Morgan fingerprint density at radius 2 is 1.92 bits per heavy atom. The number of hydrogen-bond donors (Lipinski definition) is 0. The number of carbonyl (C=O) groups is 1. The lowest BCUT2D eigenvalue weighted by molar-refractivity contribution is -0.109. The first-order valence-corrected chi connectivity index (χ1v) is 9.36. The average Bonchev–Trinajstić information content (AvgIpc) is 2.78. The number of ether oxygens (including phenoxy) is 1. The Labute approximate surface area is 159 Å². The van der Waals surface area contributed by atoms with E-state index in [9.17, 15) is 10.1 Å². The van der Waals surface area contributed by atoms with Crippen molar-refractivity contribution in [3.63, 3.8) is 0 Å². The molecule has 1 heterocycles. The van der Waals surface area contributed by atoms with Crippen molar-refractivity contribution in [1.29, 1.82) is 5.26 Å². The molecule has 0 aliphatic carbocycles. The molecule has 0 saturated carbocycles. The number of carbonyl (C=O) groups excluding carboxylic acids is 1. The topological polar surface area (TPSA) is 68.5 Å². The zero-order valence-corrected chi connectivity index (χ0v) is 16.9. The van der Waals surface area contributed by atoms with Gasteiger partial charge in [-0.1, -0.05) is 17.8 Å². The molecule has 0 N–H and O–H groups in total. The molecule has 1 aliphatic heterocycles. The van der Waals surface area contributed by atoms with Crippen LogP contribution in [0.2, 0.25) is 0 Å². The van der Waals surface area contributed by atoms with Crippen LogP contribution in [0.25, 0.3) is 6.08 Å². The highest BCUT2D eigenvalue weighted by Crippen LogP contribution is 2.39. The van der Waals surface area contributed by atoms with Crippen LogP contribution in [0.15, 0.2) is 23.7 Å². The van der Waals surface area contributed by atoms with E-state index in [1.54, 1.807) is 25.3 Å². The van der Waals surface area contributed by atoms with E-state index in [1.807, 2.05) is 33.8 Å². The molecule has 26 heavy (non-hydrogen) atoms. The minimum absolute atomic E-state index is 0.0187. The van der Waals surface area contributed by atoms with Gasteiger partial charge >= 0.3 is 7.12 Å². The summed E-state index contributed by atoms with van der Waals surface area (Å²) in [5.41, 5.74) is 1.15. The second kappa shape index (κ2) is 7.87. The normalized spacial score (nSPS) is 18.5. The lowest BCUT2D eigenvalue weighted by atomic mass is 9.78. The highest BCUT2D eigenvalue weighted by molar-refractivity contribution is 8.13. The average molecular weight is 373 g/mol. The molecule has 5 nitrogen and oxygen atoms in total. The van der Waals surface area contributed by atoms with E-state index in [-0.39, 0.29) is 5.12 Å². The third kappa shape index (κ3) is 4.50. The summed E-state index contributed by atoms with van der Waals surface area (Å²) in [4.78, 5) is 11.5. The number of nitriles is 1. The smallest absolute Gasteiger partial charge is 0.491 e. The van der Waals surface area contributed by atoms with E-state index in [4.69, 9.17) is 14.0 Å². The predicted molar refractivity (Wildman–Crippen MR) is 105 cm³/mol. The summed E-state index contributed by atoms with van der Waals surface area (Å²) in [6.45, 7) is 9.47. The first-order valence-electron chi connectivity index (χ1n) is 8.37. The van der Waals surface area contributed by atoms with Crippen molar-refractivity contribution in [2.24, 2.45) is 0 Å². The fourth-order valence-electron chi connectivity index (χ4n) is 2.47. The van der Waals surface area contributed by atoms with Gasteiger partial charge in [-0.15, -0.1) is 0 Å². The number of hydrogen-bond acceptors (Lipinski definition) is 6. The van der Waals surface area contributed by atoms with E-state index >= 15 is 0 Å².